The van der Waals surface area contributed by atoms with Crippen LogP contribution >= 0.6 is 0 Å². The third-order valence-corrected chi connectivity index (χ3v) is 4.89. The highest BCUT2D eigenvalue weighted by Gasteiger charge is 2.41. The molecule has 2 aliphatic rings. The number of anilines is 3. The summed E-state index contributed by atoms with van der Waals surface area (Å²) in [4.78, 5) is 1.22. The standard InChI is InChI=1S/C25H18BNO/c1-17-15-22-25-24(16-17)28-23-14-8-6-12-20(23)26(25)19-11-5-7-13-21(19)27(22)18-9-3-2-4-10-18/h2-16H,1H3/i2D,3D,4D,5D,6D,7D,8D,9D,10D,11D,12D,13D,14D. The minimum absolute atomic E-state index is 0.0272. The van der Waals surface area contributed by atoms with Gasteiger partial charge in [0.2, 0.25) is 0 Å². The number of ether oxygens (including phenoxy) is 1. The van der Waals surface area contributed by atoms with Crippen molar-refractivity contribution in [3.8, 4) is 11.5 Å². The van der Waals surface area contributed by atoms with E-state index in [9.17, 15) is 0 Å². The average Bonchev–Trinajstić information content (AvgIpc) is 2.94. The van der Waals surface area contributed by atoms with Crippen molar-refractivity contribution in [2.45, 2.75) is 6.92 Å². The number of hydrogen-bond donors (Lipinski definition) is 0. The molecule has 0 aliphatic carbocycles. The van der Waals surface area contributed by atoms with Gasteiger partial charge in [-0.1, -0.05) is 54.4 Å². The molecule has 2 aliphatic heterocycles. The quantitative estimate of drug-likeness (QED) is 0.397. The van der Waals surface area contributed by atoms with Crippen molar-refractivity contribution in [3.63, 3.8) is 0 Å². The van der Waals surface area contributed by atoms with Crippen molar-refractivity contribution >= 4 is 40.2 Å². The van der Waals surface area contributed by atoms with E-state index in [0.717, 1.165) is 0 Å². The summed E-state index contributed by atoms with van der Waals surface area (Å²) in [7, 11) is 0. The van der Waals surface area contributed by atoms with E-state index in [2.05, 4.69) is 0 Å². The van der Waals surface area contributed by atoms with E-state index in [1.165, 1.54) is 4.90 Å². The summed E-state index contributed by atoms with van der Waals surface area (Å²) >= 11 is 0. The van der Waals surface area contributed by atoms with E-state index in [1.807, 2.05) is 0 Å². The van der Waals surface area contributed by atoms with Crippen molar-refractivity contribution < 1.29 is 22.6 Å². The monoisotopic (exact) mass is 372 g/mol. The molecule has 0 bridgehead atoms. The molecular weight excluding hydrogens is 341 g/mol. The minimum atomic E-state index is -1.15. The van der Waals surface area contributed by atoms with Gasteiger partial charge in [0, 0.05) is 17.1 Å². The fourth-order valence-corrected chi connectivity index (χ4v) is 3.85. The van der Waals surface area contributed by atoms with Gasteiger partial charge in [-0.2, -0.15) is 0 Å². The fraction of sp³-hybridized carbons (Fsp3) is 0.0400. The molecule has 0 aromatic heterocycles. The minimum Gasteiger partial charge on any atom is -0.458 e. The number of hydrogen-bond acceptors (Lipinski definition) is 2. The highest BCUT2D eigenvalue weighted by atomic mass is 16.5. The van der Waals surface area contributed by atoms with Gasteiger partial charge in [-0.05, 0) is 65.2 Å². The van der Waals surface area contributed by atoms with Crippen LogP contribution in [0.1, 0.15) is 23.4 Å². The second-order valence-electron chi connectivity index (χ2n) is 6.55. The molecule has 0 atom stereocenters. The van der Waals surface area contributed by atoms with Crippen molar-refractivity contribution in [1.82, 2.24) is 0 Å². The molecule has 4 aromatic rings. The first kappa shape index (κ1) is 7.52. The predicted octanol–water partition coefficient (Wildman–Crippen LogP) is 4.40. The van der Waals surface area contributed by atoms with E-state index in [4.69, 9.17) is 22.6 Å². The van der Waals surface area contributed by atoms with Crippen LogP contribution < -0.4 is 26.0 Å². The van der Waals surface area contributed by atoms with Crippen LogP contribution in [-0.2, 0) is 0 Å². The Morgan fingerprint density at radius 2 is 1.46 bits per heavy atom. The maximum absolute atomic E-state index is 8.91. The SMILES string of the molecule is [2H]c1c([2H])c([2H])c(N2c3cc(C)cc4c3B(c3c([2H])c([2H])c([2H])c([2H])c3O4)c3c([2H])c([2H])c([2H])c([2H])c32)c([2H])c1[2H]. The predicted molar refractivity (Wildman–Crippen MR) is 117 cm³/mol. The summed E-state index contributed by atoms with van der Waals surface area (Å²) in [5.41, 5.74) is 0.425. The molecule has 6 rings (SSSR count). The molecule has 0 saturated carbocycles. The molecule has 2 nitrogen and oxygen atoms in total. The zero-order valence-electron chi connectivity index (χ0n) is 27.6. The summed E-state index contributed by atoms with van der Waals surface area (Å²) in [6.07, 6.45) is 0. The summed E-state index contributed by atoms with van der Waals surface area (Å²) in [5, 5.41) is 0. The van der Waals surface area contributed by atoms with Crippen LogP contribution in [0.3, 0.4) is 0 Å². The molecule has 0 radical (unpaired) electrons. The summed E-state index contributed by atoms with van der Waals surface area (Å²) in [6, 6.07) is -4.10. The Morgan fingerprint density at radius 1 is 0.750 bits per heavy atom. The van der Waals surface area contributed by atoms with Crippen LogP contribution in [0.2, 0.25) is 0 Å². The summed E-state index contributed by atoms with van der Waals surface area (Å²) in [6.45, 7) is 0.559. The maximum Gasteiger partial charge on any atom is 0.256 e. The average molecular weight is 372 g/mol. The summed E-state index contributed by atoms with van der Waals surface area (Å²) < 4.78 is 116. The van der Waals surface area contributed by atoms with Crippen LogP contribution in [-0.4, -0.2) is 6.71 Å². The Hall–Kier alpha value is -3.46. The van der Waals surface area contributed by atoms with Crippen LogP contribution in [0.15, 0.2) is 90.7 Å². The second-order valence-corrected chi connectivity index (χ2v) is 6.55. The van der Waals surface area contributed by atoms with Crippen molar-refractivity contribution in [2.24, 2.45) is 0 Å². The number of rotatable bonds is 1. The van der Waals surface area contributed by atoms with Crippen molar-refractivity contribution in [1.29, 1.82) is 0 Å². The number of aryl methyl sites for hydroxylation is 1. The van der Waals surface area contributed by atoms with Crippen LogP contribution in [0.5, 0.6) is 11.5 Å². The van der Waals surface area contributed by atoms with E-state index < -0.39 is 85.3 Å². The van der Waals surface area contributed by atoms with Gasteiger partial charge in [-0.3, -0.25) is 0 Å². The van der Waals surface area contributed by atoms with Gasteiger partial charge >= 0.3 is 0 Å². The molecule has 0 amide bonds. The molecule has 0 fully saturated rings. The van der Waals surface area contributed by atoms with Gasteiger partial charge in [-0.15, -0.1) is 0 Å². The van der Waals surface area contributed by atoms with E-state index in [-0.39, 0.29) is 44.9 Å². The molecule has 0 spiro atoms. The first-order valence-electron chi connectivity index (χ1n) is 15.1. The molecular formula is C25H18BNO. The number of para-hydroxylation sites is 3. The van der Waals surface area contributed by atoms with Crippen LogP contribution in [0.25, 0.3) is 0 Å². The highest BCUT2D eigenvalue weighted by molar-refractivity contribution is 6.99. The largest absolute Gasteiger partial charge is 0.458 e. The van der Waals surface area contributed by atoms with Gasteiger partial charge in [0.25, 0.3) is 6.71 Å². The second kappa shape index (κ2) is 5.77. The Balaban J connectivity index is 1.87. The molecule has 3 heteroatoms. The van der Waals surface area contributed by atoms with Crippen LogP contribution in [0.4, 0.5) is 17.1 Å². The van der Waals surface area contributed by atoms with Gasteiger partial charge in [0.15, 0.2) is 0 Å². The Bertz CT molecular complexity index is 1860. The van der Waals surface area contributed by atoms with Crippen molar-refractivity contribution in [2.75, 3.05) is 4.90 Å². The molecule has 0 unspecified atom stereocenters. The zero-order valence-corrected chi connectivity index (χ0v) is 14.6. The number of nitrogens with zero attached hydrogens (tertiary/aromatic N) is 1. The molecule has 132 valence electrons. The Labute approximate surface area is 183 Å². The van der Waals surface area contributed by atoms with E-state index >= 15 is 0 Å². The molecule has 28 heavy (non-hydrogen) atoms. The molecule has 2 heterocycles. The van der Waals surface area contributed by atoms with Gasteiger partial charge in [0.1, 0.15) is 11.5 Å². The van der Waals surface area contributed by atoms with E-state index in [1.54, 1.807) is 19.1 Å². The Kier molecular flexibility index (Phi) is 1.55. The number of benzene rings is 4. The number of fused-ring (bicyclic) bond motifs is 4. The lowest BCUT2D eigenvalue weighted by atomic mass is 9.34. The lowest BCUT2D eigenvalue weighted by Crippen LogP contribution is -2.59. The topological polar surface area (TPSA) is 12.5 Å². The molecule has 0 N–H and O–H groups in total. The van der Waals surface area contributed by atoms with Crippen molar-refractivity contribution in [3.05, 3.63) is 96.2 Å². The molecule has 0 saturated heterocycles. The lowest BCUT2D eigenvalue weighted by Gasteiger charge is -2.40. The third kappa shape index (κ3) is 2.10. The van der Waals surface area contributed by atoms with E-state index in [0.29, 0.717) is 5.56 Å². The van der Waals surface area contributed by atoms with Gasteiger partial charge in [0.05, 0.1) is 17.8 Å². The highest BCUT2D eigenvalue weighted by Crippen LogP contribution is 2.40. The van der Waals surface area contributed by atoms with Gasteiger partial charge < -0.3 is 9.64 Å². The maximum atomic E-state index is 8.91. The lowest BCUT2D eigenvalue weighted by molar-refractivity contribution is 0.487. The molecule has 4 aromatic carbocycles. The fourth-order valence-electron chi connectivity index (χ4n) is 3.85. The normalized spacial score (nSPS) is 19.8. The zero-order chi connectivity index (χ0) is 30.0. The summed E-state index contributed by atoms with van der Waals surface area (Å²) in [5.74, 6) is -0.0300. The smallest absolute Gasteiger partial charge is 0.256 e. The first-order chi connectivity index (χ1) is 19.2. The van der Waals surface area contributed by atoms with Crippen LogP contribution in [0, 0.1) is 6.92 Å². The van der Waals surface area contributed by atoms with Gasteiger partial charge in [-0.25, -0.2) is 0 Å². The first-order valence-corrected chi connectivity index (χ1v) is 8.60. The third-order valence-electron chi connectivity index (χ3n) is 4.89. The Morgan fingerprint density at radius 3 is 2.32 bits per heavy atom.